The monoisotopic (exact) mass is 234 g/mol. The number of carboxylic acids is 1. The third-order valence-electron chi connectivity index (χ3n) is 3.53. The molecule has 2 rings (SSSR count). The lowest BCUT2D eigenvalue weighted by Gasteiger charge is -2.28. The Balaban J connectivity index is 2.35. The lowest BCUT2D eigenvalue weighted by atomic mass is 9.94. The number of fused-ring (bicyclic) bond motifs is 1. The summed E-state index contributed by atoms with van der Waals surface area (Å²) in [6.45, 7) is 1.71. The van der Waals surface area contributed by atoms with Crippen molar-refractivity contribution in [1.82, 2.24) is 4.98 Å². The largest absolute Gasteiger partial charge is 0.480 e. The number of aromatic nitrogens is 1. The molecule has 1 aromatic rings. The van der Waals surface area contributed by atoms with E-state index in [9.17, 15) is 4.79 Å². The number of rotatable bonds is 3. The van der Waals surface area contributed by atoms with Crippen molar-refractivity contribution in [2.45, 2.75) is 38.6 Å². The molecule has 0 fully saturated rings. The van der Waals surface area contributed by atoms with E-state index >= 15 is 0 Å². The zero-order chi connectivity index (χ0) is 12.4. The molecule has 1 N–H and O–H groups in total. The number of carboxylic acid groups (broad SMARTS) is 1. The van der Waals surface area contributed by atoms with Gasteiger partial charge in [0, 0.05) is 24.6 Å². The van der Waals surface area contributed by atoms with E-state index in [1.807, 2.05) is 18.0 Å². The number of hydrogen-bond acceptors (Lipinski definition) is 3. The number of pyridine rings is 1. The van der Waals surface area contributed by atoms with Crippen LogP contribution in [0, 0.1) is 0 Å². The first-order valence-corrected chi connectivity index (χ1v) is 6.03. The molecule has 0 saturated carbocycles. The molecule has 0 amide bonds. The van der Waals surface area contributed by atoms with Crippen LogP contribution in [0.4, 0.5) is 5.69 Å². The third kappa shape index (κ3) is 2.25. The zero-order valence-electron chi connectivity index (χ0n) is 10.3. The van der Waals surface area contributed by atoms with E-state index in [1.165, 1.54) is 18.4 Å². The summed E-state index contributed by atoms with van der Waals surface area (Å²) in [4.78, 5) is 17.2. The summed E-state index contributed by atoms with van der Waals surface area (Å²) in [7, 11) is 1.84. The van der Waals surface area contributed by atoms with Crippen LogP contribution in [0.1, 0.15) is 31.0 Å². The van der Waals surface area contributed by atoms with E-state index in [1.54, 1.807) is 13.1 Å². The molecular weight excluding hydrogens is 216 g/mol. The number of likely N-dealkylation sites (N-methyl/N-ethyl adjacent to an activating group) is 1. The van der Waals surface area contributed by atoms with Gasteiger partial charge in [-0.25, -0.2) is 4.79 Å². The topological polar surface area (TPSA) is 53.4 Å². The van der Waals surface area contributed by atoms with E-state index < -0.39 is 12.0 Å². The maximum Gasteiger partial charge on any atom is 0.326 e. The molecule has 1 aliphatic rings. The van der Waals surface area contributed by atoms with Gasteiger partial charge in [-0.3, -0.25) is 4.98 Å². The molecule has 4 heteroatoms. The highest BCUT2D eigenvalue weighted by atomic mass is 16.4. The average molecular weight is 234 g/mol. The fourth-order valence-electron chi connectivity index (χ4n) is 2.31. The second-order valence-corrected chi connectivity index (χ2v) is 4.59. The minimum atomic E-state index is -0.797. The summed E-state index contributed by atoms with van der Waals surface area (Å²) in [5.74, 6) is -0.797. The van der Waals surface area contributed by atoms with Crippen molar-refractivity contribution in [2.24, 2.45) is 0 Å². The molecule has 0 spiro atoms. The highest BCUT2D eigenvalue weighted by molar-refractivity contribution is 5.78. The maximum atomic E-state index is 11.0. The van der Waals surface area contributed by atoms with Crippen molar-refractivity contribution in [3.05, 3.63) is 23.5 Å². The standard InChI is InChI=1S/C13H18N2O2/c1-9(13(16)17)15(2)12-7-8-14-11-6-4-3-5-10(11)12/h7-9H,3-6H2,1-2H3,(H,16,17). The second-order valence-electron chi connectivity index (χ2n) is 4.59. The predicted octanol–water partition coefficient (Wildman–Crippen LogP) is 1.87. The Hall–Kier alpha value is -1.58. The number of aliphatic carboxylic acids is 1. The van der Waals surface area contributed by atoms with Crippen molar-refractivity contribution < 1.29 is 9.90 Å². The molecule has 1 aliphatic carbocycles. The molecule has 4 nitrogen and oxygen atoms in total. The van der Waals surface area contributed by atoms with Crippen LogP contribution in [0.2, 0.25) is 0 Å². The molecule has 17 heavy (non-hydrogen) atoms. The van der Waals surface area contributed by atoms with Crippen LogP contribution in [-0.2, 0) is 17.6 Å². The van der Waals surface area contributed by atoms with Crippen molar-refractivity contribution in [1.29, 1.82) is 0 Å². The number of aryl methyl sites for hydroxylation is 1. The quantitative estimate of drug-likeness (QED) is 0.867. The first-order valence-electron chi connectivity index (χ1n) is 6.03. The van der Waals surface area contributed by atoms with Gasteiger partial charge in [0.2, 0.25) is 0 Å². The highest BCUT2D eigenvalue weighted by Gasteiger charge is 2.22. The van der Waals surface area contributed by atoms with Crippen LogP contribution in [0.3, 0.4) is 0 Å². The second kappa shape index (κ2) is 4.73. The van der Waals surface area contributed by atoms with Gasteiger partial charge < -0.3 is 10.0 Å². The molecule has 0 bridgehead atoms. The Bertz CT molecular complexity index is 431. The van der Waals surface area contributed by atoms with Crippen LogP contribution < -0.4 is 4.90 Å². The van der Waals surface area contributed by atoms with Crippen LogP contribution in [-0.4, -0.2) is 29.1 Å². The normalized spacial score (nSPS) is 16.1. The first kappa shape index (κ1) is 11.9. The van der Waals surface area contributed by atoms with Gasteiger partial charge >= 0.3 is 5.97 Å². The van der Waals surface area contributed by atoms with E-state index in [0.29, 0.717) is 0 Å². The Morgan fingerprint density at radius 1 is 1.47 bits per heavy atom. The fourth-order valence-corrected chi connectivity index (χ4v) is 2.31. The highest BCUT2D eigenvalue weighted by Crippen LogP contribution is 2.29. The van der Waals surface area contributed by atoms with Crippen molar-refractivity contribution in [3.63, 3.8) is 0 Å². The van der Waals surface area contributed by atoms with E-state index in [4.69, 9.17) is 5.11 Å². The minimum absolute atomic E-state index is 0.511. The van der Waals surface area contributed by atoms with Crippen LogP contribution in [0.5, 0.6) is 0 Å². The Kier molecular flexibility index (Phi) is 3.31. The van der Waals surface area contributed by atoms with Gasteiger partial charge in [-0.1, -0.05) is 0 Å². The van der Waals surface area contributed by atoms with Gasteiger partial charge in [0.25, 0.3) is 0 Å². The molecule has 1 atom stereocenters. The third-order valence-corrected chi connectivity index (χ3v) is 3.53. The molecule has 1 aromatic heterocycles. The van der Waals surface area contributed by atoms with Gasteiger partial charge in [-0.15, -0.1) is 0 Å². The van der Waals surface area contributed by atoms with E-state index in [-0.39, 0.29) is 0 Å². The Morgan fingerprint density at radius 2 is 2.18 bits per heavy atom. The summed E-state index contributed by atoms with van der Waals surface area (Å²) in [5.41, 5.74) is 3.39. The predicted molar refractivity (Wildman–Crippen MR) is 66.4 cm³/mol. The molecular formula is C13H18N2O2. The van der Waals surface area contributed by atoms with Crippen molar-refractivity contribution in [3.8, 4) is 0 Å². The lowest BCUT2D eigenvalue weighted by molar-refractivity contribution is -0.138. The number of anilines is 1. The zero-order valence-corrected chi connectivity index (χ0v) is 10.3. The maximum absolute atomic E-state index is 11.0. The van der Waals surface area contributed by atoms with Gasteiger partial charge in [0.1, 0.15) is 6.04 Å². The smallest absolute Gasteiger partial charge is 0.326 e. The number of hydrogen-bond donors (Lipinski definition) is 1. The summed E-state index contributed by atoms with van der Waals surface area (Å²) >= 11 is 0. The van der Waals surface area contributed by atoms with Gasteiger partial charge in [0.05, 0.1) is 0 Å². The minimum Gasteiger partial charge on any atom is -0.480 e. The number of carbonyl (C=O) groups is 1. The van der Waals surface area contributed by atoms with Gasteiger partial charge in [-0.2, -0.15) is 0 Å². The first-order chi connectivity index (χ1) is 8.11. The fraction of sp³-hybridized carbons (Fsp3) is 0.538. The van der Waals surface area contributed by atoms with Crippen molar-refractivity contribution >= 4 is 11.7 Å². The van der Waals surface area contributed by atoms with Gasteiger partial charge in [0.15, 0.2) is 0 Å². The Morgan fingerprint density at radius 3 is 2.88 bits per heavy atom. The average Bonchev–Trinajstić information content (AvgIpc) is 2.36. The summed E-state index contributed by atoms with van der Waals surface area (Å²) < 4.78 is 0. The Labute approximate surface area is 101 Å². The van der Waals surface area contributed by atoms with Crippen LogP contribution in [0.15, 0.2) is 12.3 Å². The lowest BCUT2D eigenvalue weighted by Crippen LogP contribution is -2.36. The van der Waals surface area contributed by atoms with Crippen LogP contribution in [0.25, 0.3) is 0 Å². The number of nitrogens with zero attached hydrogens (tertiary/aromatic N) is 2. The van der Waals surface area contributed by atoms with Crippen LogP contribution >= 0.6 is 0 Å². The summed E-state index contributed by atoms with van der Waals surface area (Å²) in [5, 5.41) is 9.06. The molecule has 1 heterocycles. The SMILES string of the molecule is CC(C(=O)O)N(C)c1ccnc2c1CCCC2. The van der Waals surface area contributed by atoms with Gasteiger partial charge in [-0.05, 0) is 44.2 Å². The molecule has 0 radical (unpaired) electrons. The van der Waals surface area contributed by atoms with E-state index in [0.717, 1.165) is 24.2 Å². The van der Waals surface area contributed by atoms with E-state index in [2.05, 4.69) is 4.98 Å². The summed E-state index contributed by atoms with van der Waals surface area (Å²) in [6.07, 6.45) is 6.15. The molecule has 0 aliphatic heterocycles. The molecule has 0 aromatic carbocycles. The molecule has 0 saturated heterocycles. The molecule has 92 valence electrons. The molecule has 1 unspecified atom stereocenters. The van der Waals surface area contributed by atoms with Crippen molar-refractivity contribution in [2.75, 3.05) is 11.9 Å². The summed E-state index contributed by atoms with van der Waals surface area (Å²) in [6, 6.07) is 1.41.